The van der Waals surface area contributed by atoms with Crippen molar-refractivity contribution in [2.45, 2.75) is 52.2 Å². The first-order chi connectivity index (χ1) is 8.05. The average molecular weight is 257 g/mol. The van der Waals surface area contributed by atoms with Crippen molar-refractivity contribution in [3.63, 3.8) is 0 Å². The maximum Gasteiger partial charge on any atom is 0.148 e. The Morgan fingerprint density at radius 3 is 2.59 bits per heavy atom. The van der Waals surface area contributed by atoms with Crippen molar-refractivity contribution in [3.8, 4) is 0 Å². The second kappa shape index (κ2) is 6.42. The van der Waals surface area contributed by atoms with Gasteiger partial charge in [-0.3, -0.25) is 0 Å². The zero-order chi connectivity index (χ0) is 12.9. The van der Waals surface area contributed by atoms with Crippen molar-refractivity contribution in [3.05, 3.63) is 10.0 Å². The molecule has 17 heavy (non-hydrogen) atoms. The summed E-state index contributed by atoms with van der Waals surface area (Å²) in [6.45, 7) is 9.37. The van der Waals surface area contributed by atoms with Crippen molar-refractivity contribution in [1.29, 1.82) is 0 Å². The number of hydrogen-bond donors (Lipinski definition) is 1. The van der Waals surface area contributed by atoms with E-state index in [1.54, 1.807) is 18.4 Å². The van der Waals surface area contributed by atoms with Gasteiger partial charge in [-0.1, -0.05) is 25.2 Å². The zero-order valence-electron chi connectivity index (χ0n) is 11.4. The Balaban J connectivity index is 2.78. The van der Waals surface area contributed by atoms with E-state index in [0.717, 1.165) is 29.4 Å². The fourth-order valence-electron chi connectivity index (χ4n) is 1.43. The highest BCUT2D eigenvalue weighted by Gasteiger charge is 2.26. The molecular formula is C12H23N3OS. The minimum Gasteiger partial charge on any atom is -0.372 e. The molecule has 0 spiro atoms. The number of nitrogens with zero attached hydrogens (tertiary/aromatic N) is 2. The number of hydrogen-bond acceptors (Lipinski definition) is 5. The maximum absolute atomic E-state index is 5.42. The molecule has 0 aromatic carbocycles. The Labute approximate surface area is 108 Å². The fourth-order valence-corrected chi connectivity index (χ4v) is 2.51. The largest absolute Gasteiger partial charge is 0.372 e. The Kier molecular flexibility index (Phi) is 5.49. The van der Waals surface area contributed by atoms with Crippen molar-refractivity contribution < 1.29 is 4.74 Å². The number of methoxy groups -OCH3 is 1. The SMILES string of the molecule is CCCNC(CC)c1nnc(C(C)(C)OC)s1. The van der Waals surface area contributed by atoms with E-state index in [0.29, 0.717) is 6.04 Å². The lowest BCUT2D eigenvalue weighted by atomic mass is 10.1. The van der Waals surface area contributed by atoms with E-state index >= 15 is 0 Å². The summed E-state index contributed by atoms with van der Waals surface area (Å²) in [5, 5.41) is 14.0. The lowest BCUT2D eigenvalue weighted by Crippen LogP contribution is -2.21. The van der Waals surface area contributed by atoms with Gasteiger partial charge < -0.3 is 10.1 Å². The van der Waals surface area contributed by atoms with Gasteiger partial charge in [-0.15, -0.1) is 10.2 Å². The molecule has 0 fully saturated rings. The normalized spacial score (nSPS) is 13.9. The van der Waals surface area contributed by atoms with Crippen LogP contribution in [-0.2, 0) is 10.3 Å². The topological polar surface area (TPSA) is 47.0 Å². The van der Waals surface area contributed by atoms with Crippen LogP contribution in [0.4, 0.5) is 0 Å². The van der Waals surface area contributed by atoms with Gasteiger partial charge in [0.1, 0.15) is 15.6 Å². The standard InChI is InChI=1S/C12H23N3OS/c1-6-8-13-9(7-2)10-14-15-11(17-10)12(3,4)16-5/h9,13H,6-8H2,1-5H3. The van der Waals surface area contributed by atoms with Gasteiger partial charge in [0, 0.05) is 7.11 Å². The predicted octanol–water partition coefficient (Wildman–Crippen LogP) is 2.87. The molecule has 1 rings (SSSR count). The van der Waals surface area contributed by atoms with E-state index in [9.17, 15) is 0 Å². The summed E-state index contributed by atoms with van der Waals surface area (Å²) in [4.78, 5) is 0. The van der Waals surface area contributed by atoms with Crippen LogP contribution in [0.25, 0.3) is 0 Å². The van der Waals surface area contributed by atoms with Crippen molar-refractivity contribution in [2.24, 2.45) is 0 Å². The summed E-state index contributed by atoms with van der Waals surface area (Å²) < 4.78 is 5.42. The van der Waals surface area contributed by atoms with E-state index in [4.69, 9.17) is 4.74 Å². The first kappa shape index (κ1) is 14.5. The van der Waals surface area contributed by atoms with E-state index < -0.39 is 0 Å². The van der Waals surface area contributed by atoms with Crippen LogP contribution in [0.5, 0.6) is 0 Å². The summed E-state index contributed by atoms with van der Waals surface area (Å²) in [7, 11) is 1.70. The third kappa shape index (κ3) is 3.72. The summed E-state index contributed by atoms with van der Waals surface area (Å²) in [5.41, 5.74) is -0.348. The molecule has 1 unspecified atom stereocenters. The molecule has 0 aliphatic rings. The van der Waals surface area contributed by atoms with Crippen LogP contribution in [0, 0.1) is 0 Å². The van der Waals surface area contributed by atoms with Gasteiger partial charge in [0.25, 0.3) is 0 Å². The molecule has 1 aromatic heterocycles. The quantitative estimate of drug-likeness (QED) is 0.816. The Hall–Kier alpha value is -0.520. The van der Waals surface area contributed by atoms with Gasteiger partial charge in [-0.05, 0) is 33.2 Å². The minimum absolute atomic E-state index is 0.314. The van der Waals surface area contributed by atoms with Gasteiger partial charge >= 0.3 is 0 Å². The van der Waals surface area contributed by atoms with Gasteiger partial charge in [-0.2, -0.15) is 0 Å². The smallest absolute Gasteiger partial charge is 0.148 e. The molecular weight excluding hydrogens is 234 g/mol. The Morgan fingerprint density at radius 2 is 2.06 bits per heavy atom. The molecule has 1 aromatic rings. The number of ether oxygens (including phenoxy) is 1. The molecule has 0 saturated heterocycles. The molecule has 0 aliphatic carbocycles. The molecule has 5 heteroatoms. The molecule has 0 amide bonds. The monoisotopic (exact) mass is 257 g/mol. The van der Waals surface area contributed by atoms with Crippen molar-refractivity contribution in [2.75, 3.05) is 13.7 Å². The molecule has 0 bridgehead atoms. The summed E-state index contributed by atoms with van der Waals surface area (Å²) >= 11 is 1.64. The molecule has 1 atom stereocenters. The highest BCUT2D eigenvalue weighted by atomic mass is 32.1. The fraction of sp³-hybridized carbons (Fsp3) is 0.833. The molecule has 98 valence electrons. The van der Waals surface area contributed by atoms with E-state index in [-0.39, 0.29) is 5.60 Å². The highest BCUT2D eigenvalue weighted by Crippen LogP contribution is 2.29. The third-order valence-corrected chi connectivity index (χ3v) is 4.15. The van der Waals surface area contributed by atoms with E-state index in [1.165, 1.54) is 0 Å². The number of rotatable bonds is 7. The Bertz CT molecular complexity index is 338. The van der Waals surface area contributed by atoms with Gasteiger partial charge in [-0.25, -0.2) is 0 Å². The molecule has 0 saturated carbocycles. The second-order valence-corrected chi connectivity index (χ2v) is 5.58. The molecule has 0 aliphatic heterocycles. The van der Waals surface area contributed by atoms with E-state index in [2.05, 4.69) is 29.4 Å². The van der Waals surface area contributed by atoms with Gasteiger partial charge in [0.05, 0.1) is 6.04 Å². The molecule has 0 radical (unpaired) electrons. The van der Waals surface area contributed by atoms with Crippen LogP contribution in [0.1, 0.15) is 56.6 Å². The minimum atomic E-state index is -0.348. The lowest BCUT2D eigenvalue weighted by molar-refractivity contribution is 0.0185. The number of aromatic nitrogens is 2. The van der Waals surface area contributed by atoms with Crippen LogP contribution in [0.15, 0.2) is 0 Å². The van der Waals surface area contributed by atoms with Crippen LogP contribution in [0.3, 0.4) is 0 Å². The molecule has 1 heterocycles. The number of nitrogens with one attached hydrogen (secondary N) is 1. The predicted molar refractivity (Wildman–Crippen MR) is 71.3 cm³/mol. The average Bonchev–Trinajstić information content (AvgIpc) is 2.80. The zero-order valence-corrected chi connectivity index (χ0v) is 12.2. The van der Waals surface area contributed by atoms with Gasteiger partial charge in [0.15, 0.2) is 0 Å². The highest BCUT2D eigenvalue weighted by molar-refractivity contribution is 7.11. The van der Waals surface area contributed by atoms with E-state index in [1.807, 2.05) is 13.8 Å². The third-order valence-electron chi connectivity index (χ3n) is 2.81. The van der Waals surface area contributed by atoms with Crippen LogP contribution >= 0.6 is 11.3 Å². The van der Waals surface area contributed by atoms with Crippen LogP contribution in [-0.4, -0.2) is 23.9 Å². The summed E-state index contributed by atoms with van der Waals surface area (Å²) in [6, 6.07) is 0.314. The summed E-state index contributed by atoms with van der Waals surface area (Å²) in [6.07, 6.45) is 2.16. The van der Waals surface area contributed by atoms with Crippen molar-refractivity contribution in [1.82, 2.24) is 15.5 Å². The van der Waals surface area contributed by atoms with Gasteiger partial charge in [0.2, 0.25) is 0 Å². The second-order valence-electron chi connectivity index (χ2n) is 4.57. The molecule has 4 nitrogen and oxygen atoms in total. The summed E-state index contributed by atoms with van der Waals surface area (Å²) in [5.74, 6) is 0. The first-order valence-electron chi connectivity index (χ1n) is 6.17. The van der Waals surface area contributed by atoms with Crippen LogP contribution in [0.2, 0.25) is 0 Å². The molecule has 1 N–H and O–H groups in total. The lowest BCUT2D eigenvalue weighted by Gasteiger charge is -2.18. The maximum atomic E-state index is 5.42. The Morgan fingerprint density at radius 1 is 1.35 bits per heavy atom. The van der Waals surface area contributed by atoms with Crippen molar-refractivity contribution >= 4 is 11.3 Å². The first-order valence-corrected chi connectivity index (χ1v) is 6.99. The van der Waals surface area contributed by atoms with Crippen LogP contribution < -0.4 is 5.32 Å².